The van der Waals surface area contributed by atoms with Crippen molar-refractivity contribution in [1.82, 2.24) is 10.6 Å². The average molecular weight is 341 g/mol. The van der Waals surface area contributed by atoms with E-state index >= 15 is 0 Å². The highest BCUT2D eigenvalue weighted by atomic mass is 35.5. The van der Waals surface area contributed by atoms with Crippen LogP contribution in [0.4, 0.5) is 9.18 Å². The van der Waals surface area contributed by atoms with Crippen LogP contribution in [0.5, 0.6) is 5.75 Å². The molecular weight excluding hydrogens is 319 g/mol. The molecular formula is C17H22ClFN2O2. The van der Waals surface area contributed by atoms with Gasteiger partial charge in [-0.1, -0.05) is 23.3 Å². The third kappa shape index (κ3) is 6.48. The van der Waals surface area contributed by atoms with E-state index in [2.05, 4.69) is 16.7 Å². The summed E-state index contributed by atoms with van der Waals surface area (Å²) in [5.74, 6) is -0.00700. The van der Waals surface area contributed by atoms with Crippen LogP contribution in [0.2, 0.25) is 5.02 Å². The van der Waals surface area contributed by atoms with Gasteiger partial charge in [0.15, 0.2) is 0 Å². The number of hydrogen-bond acceptors (Lipinski definition) is 2. The maximum Gasteiger partial charge on any atom is 0.314 e. The SMILES string of the molecule is O=C(NCCOc1ccc(F)cc1Cl)NCCC1=CCCCC1. The first-order valence-electron chi connectivity index (χ1n) is 7.92. The summed E-state index contributed by atoms with van der Waals surface area (Å²) in [5.41, 5.74) is 1.44. The molecule has 1 aliphatic carbocycles. The first-order chi connectivity index (χ1) is 11.1. The number of carbonyl (C=O) groups excluding carboxylic acids is 1. The zero-order chi connectivity index (χ0) is 16.5. The number of benzene rings is 1. The number of urea groups is 1. The fourth-order valence-electron chi connectivity index (χ4n) is 2.45. The molecule has 1 aromatic rings. The number of rotatable bonds is 7. The number of allylic oxidation sites excluding steroid dienone is 1. The van der Waals surface area contributed by atoms with Gasteiger partial charge in [-0.15, -0.1) is 0 Å². The second-order valence-electron chi connectivity index (χ2n) is 5.46. The van der Waals surface area contributed by atoms with E-state index in [1.54, 1.807) is 0 Å². The predicted molar refractivity (Wildman–Crippen MR) is 89.5 cm³/mol. The molecule has 2 rings (SSSR count). The summed E-state index contributed by atoms with van der Waals surface area (Å²) < 4.78 is 18.3. The van der Waals surface area contributed by atoms with E-state index in [9.17, 15) is 9.18 Å². The molecule has 4 nitrogen and oxygen atoms in total. The van der Waals surface area contributed by atoms with Crippen LogP contribution in [0.25, 0.3) is 0 Å². The maximum atomic E-state index is 12.9. The number of ether oxygens (including phenoxy) is 1. The average Bonchev–Trinajstić information content (AvgIpc) is 2.54. The highest BCUT2D eigenvalue weighted by Crippen LogP contribution is 2.24. The van der Waals surface area contributed by atoms with Crippen molar-refractivity contribution in [3.05, 3.63) is 40.7 Å². The van der Waals surface area contributed by atoms with Crippen LogP contribution in [0, 0.1) is 5.82 Å². The Hall–Kier alpha value is -1.75. The summed E-state index contributed by atoms with van der Waals surface area (Å²) in [5, 5.41) is 5.75. The molecule has 6 heteroatoms. The van der Waals surface area contributed by atoms with E-state index in [-0.39, 0.29) is 17.7 Å². The van der Waals surface area contributed by atoms with E-state index in [4.69, 9.17) is 16.3 Å². The molecule has 0 bridgehead atoms. The zero-order valence-electron chi connectivity index (χ0n) is 13.0. The molecule has 2 N–H and O–H groups in total. The van der Waals surface area contributed by atoms with Crippen molar-refractivity contribution in [2.75, 3.05) is 19.7 Å². The highest BCUT2D eigenvalue weighted by Gasteiger charge is 2.06. The minimum absolute atomic E-state index is 0.213. The third-order valence-corrected chi connectivity index (χ3v) is 3.95. The zero-order valence-corrected chi connectivity index (χ0v) is 13.8. The molecule has 0 atom stereocenters. The predicted octanol–water partition coefficient (Wildman–Crippen LogP) is 4.05. The van der Waals surface area contributed by atoms with Crippen LogP contribution in [-0.2, 0) is 0 Å². The van der Waals surface area contributed by atoms with Gasteiger partial charge in [0.05, 0.1) is 11.6 Å². The van der Waals surface area contributed by atoms with E-state index in [0.717, 1.165) is 19.3 Å². The van der Waals surface area contributed by atoms with E-state index < -0.39 is 5.82 Å². The molecule has 0 unspecified atom stereocenters. The smallest absolute Gasteiger partial charge is 0.314 e. The number of hydrogen-bond donors (Lipinski definition) is 2. The fraction of sp³-hybridized carbons (Fsp3) is 0.471. The van der Waals surface area contributed by atoms with Crippen molar-refractivity contribution < 1.29 is 13.9 Å². The van der Waals surface area contributed by atoms with Gasteiger partial charge in [0.25, 0.3) is 0 Å². The monoisotopic (exact) mass is 340 g/mol. The molecule has 23 heavy (non-hydrogen) atoms. The van der Waals surface area contributed by atoms with Crippen LogP contribution in [0.3, 0.4) is 0 Å². The van der Waals surface area contributed by atoms with Crippen molar-refractivity contribution in [1.29, 1.82) is 0 Å². The summed E-state index contributed by atoms with van der Waals surface area (Å²) in [6.45, 7) is 1.26. The summed E-state index contributed by atoms with van der Waals surface area (Å²) in [4.78, 5) is 11.6. The van der Waals surface area contributed by atoms with Gasteiger partial charge in [0.1, 0.15) is 18.2 Å². The molecule has 0 spiro atoms. The largest absolute Gasteiger partial charge is 0.490 e. The molecule has 0 radical (unpaired) electrons. The topological polar surface area (TPSA) is 50.4 Å². The molecule has 1 aliphatic rings. The van der Waals surface area contributed by atoms with Crippen molar-refractivity contribution in [3.63, 3.8) is 0 Å². The van der Waals surface area contributed by atoms with Crippen molar-refractivity contribution in [3.8, 4) is 5.75 Å². The number of halogens is 2. The van der Waals surface area contributed by atoms with E-state index in [1.807, 2.05) is 0 Å². The van der Waals surface area contributed by atoms with E-state index in [0.29, 0.717) is 18.8 Å². The van der Waals surface area contributed by atoms with E-state index in [1.165, 1.54) is 36.6 Å². The summed E-state index contributed by atoms with van der Waals surface area (Å²) in [6.07, 6.45) is 8.02. The number of nitrogens with one attached hydrogen (secondary N) is 2. The van der Waals surface area contributed by atoms with Gasteiger partial charge in [0, 0.05) is 6.54 Å². The van der Waals surface area contributed by atoms with Crippen molar-refractivity contribution in [2.45, 2.75) is 32.1 Å². The lowest BCUT2D eigenvalue weighted by atomic mass is 9.97. The van der Waals surface area contributed by atoms with Gasteiger partial charge < -0.3 is 15.4 Å². The fourth-order valence-corrected chi connectivity index (χ4v) is 2.67. The lowest BCUT2D eigenvalue weighted by Gasteiger charge is -2.13. The molecule has 0 fully saturated rings. The third-order valence-electron chi connectivity index (χ3n) is 3.66. The Balaban J connectivity index is 1.56. The van der Waals surface area contributed by atoms with Gasteiger partial charge >= 0.3 is 6.03 Å². The van der Waals surface area contributed by atoms with Gasteiger partial charge in [-0.3, -0.25) is 0 Å². The molecule has 0 aliphatic heterocycles. The summed E-state index contributed by atoms with van der Waals surface area (Å²) in [6, 6.07) is 3.73. The van der Waals surface area contributed by atoms with Crippen LogP contribution < -0.4 is 15.4 Å². The normalized spacial score (nSPS) is 14.1. The molecule has 0 saturated heterocycles. The quantitative estimate of drug-likeness (QED) is 0.581. The highest BCUT2D eigenvalue weighted by molar-refractivity contribution is 6.32. The van der Waals surface area contributed by atoms with Crippen LogP contribution >= 0.6 is 11.6 Å². The second kappa shape index (κ2) is 9.40. The number of carbonyl (C=O) groups is 1. The Labute approximate surface area is 141 Å². The van der Waals surface area contributed by atoms with Crippen LogP contribution in [-0.4, -0.2) is 25.7 Å². The Kier molecular flexibility index (Phi) is 7.20. The Morgan fingerprint density at radius 3 is 2.83 bits per heavy atom. The first-order valence-corrected chi connectivity index (χ1v) is 8.30. The van der Waals surface area contributed by atoms with Gasteiger partial charge in [-0.05, 0) is 50.3 Å². The Bertz CT molecular complexity index is 564. The minimum Gasteiger partial charge on any atom is -0.490 e. The lowest BCUT2D eigenvalue weighted by Crippen LogP contribution is -2.38. The van der Waals surface area contributed by atoms with Crippen molar-refractivity contribution >= 4 is 17.6 Å². The standard InChI is InChI=1S/C17H22ClFN2O2/c18-15-12-14(19)6-7-16(15)23-11-10-21-17(22)20-9-8-13-4-2-1-3-5-13/h4,6-7,12H,1-3,5,8-11H2,(H2,20,21,22). The minimum atomic E-state index is -0.409. The summed E-state index contributed by atoms with van der Waals surface area (Å²) in [7, 11) is 0. The lowest BCUT2D eigenvalue weighted by molar-refractivity contribution is 0.236. The second-order valence-corrected chi connectivity index (χ2v) is 5.87. The number of amides is 2. The van der Waals surface area contributed by atoms with Gasteiger partial charge in [-0.2, -0.15) is 0 Å². The maximum absolute atomic E-state index is 12.9. The van der Waals surface area contributed by atoms with Crippen molar-refractivity contribution in [2.24, 2.45) is 0 Å². The van der Waals surface area contributed by atoms with Crippen LogP contribution in [0.15, 0.2) is 29.8 Å². The van der Waals surface area contributed by atoms with Gasteiger partial charge in [-0.25, -0.2) is 9.18 Å². The van der Waals surface area contributed by atoms with Gasteiger partial charge in [0.2, 0.25) is 0 Å². The molecule has 0 saturated carbocycles. The molecule has 1 aromatic carbocycles. The molecule has 0 aromatic heterocycles. The van der Waals surface area contributed by atoms with Crippen LogP contribution in [0.1, 0.15) is 32.1 Å². The Morgan fingerprint density at radius 2 is 2.09 bits per heavy atom. The molecule has 126 valence electrons. The first kappa shape index (κ1) is 17.6. The summed E-state index contributed by atoms with van der Waals surface area (Å²) >= 11 is 5.84. The Morgan fingerprint density at radius 1 is 1.26 bits per heavy atom. The molecule has 0 heterocycles. The molecule has 2 amide bonds.